The van der Waals surface area contributed by atoms with Gasteiger partial charge in [-0.1, -0.05) is 24.3 Å². The fourth-order valence-corrected chi connectivity index (χ4v) is 3.56. The van der Waals surface area contributed by atoms with Gasteiger partial charge in [-0.2, -0.15) is 0 Å². The van der Waals surface area contributed by atoms with Gasteiger partial charge in [0.1, 0.15) is 17.2 Å². The molecule has 1 fully saturated rings. The van der Waals surface area contributed by atoms with Crippen molar-refractivity contribution in [2.45, 2.75) is 18.8 Å². The number of benzene rings is 2. The molecular formula is C20H19F2N3O. The van der Waals surface area contributed by atoms with Crippen LogP contribution in [0.2, 0.25) is 0 Å². The summed E-state index contributed by atoms with van der Waals surface area (Å²) in [5.41, 5.74) is 1.29. The van der Waals surface area contributed by atoms with Gasteiger partial charge in [-0.3, -0.25) is 4.79 Å². The van der Waals surface area contributed by atoms with Gasteiger partial charge in [0, 0.05) is 11.6 Å². The largest absolute Gasteiger partial charge is 0.306 e. The second-order valence-electron chi connectivity index (χ2n) is 6.90. The van der Waals surface area contributed by atoms with E-state index in [1.807, 2.05) is 24.3 Å². The van der Waals surface area contributed by atoms with Crippen molar-refractivity contribution < 1.29 is 8.78 Å². The fraction of sp³-hybridized carbons (Fsp3) is 0.300. The van der Waals surface area contributed by atoms with Crippen LogP contribution in [0.3, 0.4) is 0 Å². The summed E-state index contributed by atoms with van der Waals surface area (Å²) < 4.78 is 27.3. The fourth-order valence-electron chi connectivity index (χ4n) is 3.56. The average molecular weight is 355 g/mol. The predicted molar refractivity (Wildman–Crippen MR) is 97.2 cm³/mol. The highest BCUT2D eigenvalue weighted by atomic mass is 19.1. The summed E-state index contributed by atoms with van der Waals surface area (Å²) in [4.78, 5) is 21.3. The Morgan fingerprint density at radius 2 is 1.81 bits per heavy atom. The highest BCUT2D eigenvalue weighted by Gasteiger charge is 2.18. The molecule has 0 saturated carbocycles. The monoisotopic (exact) mass is 355 g/mol. The van der Waals surface area contributed by atoms with E-state index in [1.54, 1.807) is 0 Å². The van der Waals surface area contributed by atoms with E-state index in [2.05, 4.69) is 21.9 Å². The number of likely N-dealkylation sites (tertiary alicyclic amines) is 1. The molecule has 1 aromatic heterocycles. The zero-order valence-corrected chi connectivity index (χ0v) is 14.4. The Bertz CT molecular complexity index is 1010. The van der Waals surface area contributed by atoms with Crippen molar-refractivity contribution >= 4 is 10.9 Å². The summed E-state index contributed by atoms with van der Waals surface area (Å²) in [5, 5.41) is -0.0887. The van der Waals surface area contributed by atoms with Gasteiger partial charge in [-0.15, -0.1) is 0 Å². The molecule has 2 heterocycles. The second-order valence-corrected chi connectivity index (χ2v) is 6.90. The van der Waals surface area contributed by atoms with Crippen molar-refractivity contribution in [1.82, 2.24) is 14.9 Å². The van der Waals surface area contributed by atoms with Crippen LogP contribution in [0.25, 0.3) is 22.3 Å². The molecule has 0 bridgehead atoms. The maximum atomic E-state index is 14.0. The van der Waals surface area contributed by atoms with Crippen molar-refractivity contribution in [3.8, 4) is 11.4 Å². The van der Waals surface area contributed by atoms with E-state index < -0.39 is 17.2 Å². The first-order valence-corrected chi connectivity index (χ1v) is 8.69. The Morgan fingerprint density at radius 3 is 2.50 bits per heavy atom. The summed E-state index contributed by atoms with van der Waals surface area (Å²) in [6, 6.07) is 9.59. The molecule has 1 N–H and O–H groups in total. The number of nitrogens with zero attached hydrogens (tertiary/aromatic N) is 2. The smallest absolute Gasteiger partial charge is 0.259 e. The molecule has 0 amide bonds. The molecule has 3 aromatic rings. The predicted octanol–water partition coefficient (Wildman–Crippen LogP) is 3.68. The van der Waals surface area contributed by atoms with E-state index in [4.69, 9.17) is 0 Å². The van der Waals surface area contributed by atoms with Gasteiger partial charge < -0.3 is 9.88 Å². The Labute approximate surface area is 149 Å². The third-order valence-corrected chi connectivity index (χ3v) is 5.10. The highest BCUT2D eigenvalue weighted by Crippen LogP contribution is 2.29. The minimum absolute atomic E-state index is 0.0887. The van der Waals surface area contributed by atoms with Gasteiger partial charge in [0.2, 0.25) is 0 Å². The van der Waals surface area contributed by atoms with Crippen LogP contribution < -0.4 is 5.56 Å². The maximum Gasteiger partial charge on any atom is 0.259 e. The first-order valence-electron chi connectivity index (χ1n) is 8.69. The number of H-pyrrole nitrogens is 1. The third-order valence-electron chi connectivity index (χ3n) is 5.10. The molecule has 0 unspecified atom stereocenters. The summed E-state index contributed by atoms with van der Waals surface area (Å²) in [7, 11) is 2.13. The van der Waals surface area contributed by atoms with Crippen LogP contribution in [0.1, 0.15) is 24.3 Å². The number of hydrogen-bond acceptors (Lipinski definition) is 3. The van der Waals surface area contributed by atoms with E-state index >= 15 is 0 Å². The van der Waals surface area contributed by atoms with Crippen LogP contribution in [0.4, 0.5) is 8.78 Å². The summed E-state index contributed by atoms with van der Waals surface area (Å²) >= 11 is 0. The number of rotatable bonds is 2. The van der Waals surface area contributed by atoms with Crippen LogP contribution in [0, 0.1) is 11.6 Å². The van der Waals surface area contributed by atoms with Gasteiger partial charge in [0.25, 0.3) is 5.56 Å². The lowest BCUT2D eigenvalue weighted by molar-refractivity contribution is 0.255. The minimum atomic E-state index is -0.838. The van der Waals surface area contributed by atoms with Crippen LogP contribution in [-0.4, -0.2) is 35.0 Å². The topological polar surface area (TPSA) is 49.0 Å². The van der Waals surface area contributed by atoms with Crippen molar-refractivity contribution in [3.05, 3.63) is 63.9 Å². The number of hydrogen-bond donors (Lipinski definition) is 1. The molecule has 0 atom stereocenters. The van der Waals surface area contributed by atoms with E-state index in [1.165, 1.54) is 5.56 Å². The average Bonchev–Trinajstić information content (AvgIpc) is 2.63. The molecule has 26 heavy (non-hydrogen) atoms. The van der Waals surface area contributed by atoms with Crippen molar-refractivity contribution in [2.24, 2.45) is 0 Å². The van der Waals surface area contributed by atoms with E-state index in [0.29, 0.717) is 11.5 Å². The standard InChI is InChI=1S/C20H19F2N3O/c1-25-8-6-13(7-9-25)12-2-4-14(5-3-12)19-23-18-16(20(26)24-19)10-15(21)11-17(18)22/h2-5,10-11,13H,6-9H2,1H3,(H,23,24,26). The van der Waals surface area contributed by atoms with E-state index in [0.717, 1.165) is 38.1 Å². The van der Waals surface area contributed by atoms with Gasteiger partial charge in [0.05, 0.1) is 5.39 Å². The molecule has 0 spiro atoms. The number of aromatic amines is 1. The second kappa shape index (κ2) is 6.61. The molecule has 2 aromatic carbocycles. The summed E-state index contributed by atoms with van der Waals surface area (Å²) in [6.45, 7) is 2.17. The molecule has 1 aliphatic heterocycles. The van der Waals surface area contributed by atoms with Gasteiger partial charge in [0.15, 0.2) is 5.82 Å². The molecule has 4 rings (SSSR count). The molecule has 0 radical (unpaired) electrons. The van der Waals surface area contributed by atoms with Gasteiger partial charge in [-0.25, -0.2) is 13.8 Å². The van der Waals surface area contributed by atoms with Crippen molar-refractivity contribution in [2.75, 3.05) is 20.1 Å². The molecule has 6 heteroatoms. The third kappa shape index (κ3) is 3.12. The lowest BCUT2D eigenvalue weighted by Gasteiger charge is -2.29. The summed E-state index contributed by atoms with van der Waals surface area (Å²) in [5.74, 6) is -0.819. The number of halogens is 2. The first-order chi connectivity index (χ1) is 12.5. The Balaban J connectivity index is 1.68. The Morgan fingerprint density at radius 1 is 1.12 bits per heavy atom. The quantitative estimate of drug-likeness (QED) is 0.763. The van der Waals surface area contributed by atoms with Crippen molar-refractivity contribution in [3.63, 3.8) is 0 Å². The van der Waals surface area contributed by atoms with Crippen LogP contribution in [0.15, 0.2) is 41.2 Å². The number of aromatic nitrogens is 2. The Hall–Kier alpha value is -2.60. The van der Waals surface area contributed by atoms with E-state index in [-0.39, 0.29) is 16.7 Å². The molecule has 1 aliphatic rings. The zero-order chi connectivity index (χ0) is 18.3. The molecular weight excluding hydrogens is 336 g/mol. The van der Waals surface area contributed by atoms with E-state index in [9.17, 15) is 13.6 Å². The maximum absolute atomic E-state index is 14.0. The number of piperidine rings is 1. The molecule has 4 nitrogen and oxygen atoms in total. The number of nitrogens with one attached hydrogen (secondary N) is 1. The van der Waals surface area contributed by atoms with Crippen LogP contribution in [-0.2, 0) is 0 Å². The summed E-state index contributed by atoms with van der Waals surface area (Å²) in [6.07, 6.45) is 2.25. The van der Waals surface area contributed by atoms with Crippen LogP contribution in [0.5, 0.6) is 0 Å². The zero-order valence-electron chi connectivity index (χ0n) is 14.4. The van der Waals surface area contributed by atoms with Gasteiger partial charge in [-0.05, 0) is 50.5 Å². The first kappa shape index (κ1) is 16.8. The molecule has 0 aliphatic carbocycles. The molecule has 134 valence electrons. The Kier molecular flexibility index (Phi) is 4.28. The normalized spacial score (nSPS) is 16.3. The van der Waals surface area contributed by atoms with Crippen LogP contribution >= 0.6 is 0 Å². The lowest BCUT2D eigenvalue weighted by Crippen LogP contribution is -2.29. The van der Waals surface area contributed by atoms with Crippen molar-refractivity contribution in [1.29, 1.82) is 0 Å². The lowest BCUT2D eigenvalue weighted by atomic mass is 9.89. The highest BCUT2D eigenvalue weighted by molar-refractivity contribution is 5.80. The van der Waals surface area contributed by atoms with Gasteiger partial charge >= 0.3 is 0 Å². The SMILES string of the molecule is CN1CCC(c2ccc(-c3nc4c(F)cc(F)cc4c(=O)[nH]3)cc2)CC1. The number of fused-ring (bicyclic) bond motifs is 1. The molecule has 1 saturated heterocycles. The minimum Gasteiger partial charge on any atom is -0.306 e.